The molecule has 0 unspecified atom stereocenters. The molecule has 0 saturated heterocycles. The lowest BCUT2D eigenvalue weighted by Crippen LogP contribution is -2.26. The fraction of sp³-hybridized carbons (Fsp3) is 0. The molecule has 0 saturated carbocycles. The van der Waals surface area contributed by atoms with Crippen molar-refractivity contribution in [3.05, 3.63) is 76.5 Å². The summed E-state index contributed by atoms with van der Waals surface area (Å²) < 4.78 is 1.68. The average Bonchev–Trinajstić information content (AvgIpc) is 3.01. The summed E-state index contributed by atoms with van der Waals surface area (Å²) in [6, 6.07) is 7.71. The van der Waals surface area contributed by atoms with E-state index in [0.29, 0.717) is 11.5 Å². The van der Waals surface area contributed by atoms with E-state index < -0.39 is 0 Å². The van der Waals surface area contributed by atoms with E-state index in [4.69, 9.17) is 0 Å². The van der Waals surface area contributed by atoms with Gasteiger partial charge < -0.3 is 4.98 Å². The molecule has 0 fully saturated rings. The van der Waals surface area contributed by atoms with Gasteiger partial charge in [-0.3, -0.25) is 0 Å². The Kier molecular flexibility index (Phi) is 3.67. The molecule has 0 amide bonds. The van der Waals surface area contributed by atoms with Crippen molar-refractivity contribution in [1.82, 2.24) is 9.97 Å². The summed E-state index contributed by atoms with van der Waals surface area (Å²) in [6.45, 7) is 0. The quantitative estimate of drug-likeness (QED) is 0.534. The molecule has 96 valence electrons. The molecule has 0 bridgehead atoms. The van der Waals surface area contributed by atoms with Crippen LogP contribution in [0.5, 0.6) is 0 Å². The van der Waals surface area contributed by atoms with Crippen molar-refractivity contribution in [2.24, 2.45) is 0 Å². The largest absolute Gasteiger partial charge is 0.435 e. The minimum absolute atomic E-state index is 0.544. The number of rotatable bonds is 2. The first-order valence-corrected chi connectivity index (χ1v) is 6.89. The Morgan fingerprint density at radius 1 is 1.05 bits per heavy atom. The summed E-state index contributed by atoms with van der Waals surface area (Å²) in [5, 5.41) is 3.99. The molecule has 3 rings (SSSR count). The van der Waals surface area contributed by atoms with E-state index in [1.165, 1.54) is 0 Å². The Morgan fingerprint density at radius 2 is 1.95 bits per heavy atom. The van der Waals surface area contributed by atoms with Crippen LogP contribution in [0.1, 0.15) is 11.3 Å². The van der Waals surface area contributed by atoms with Gasteiger partial charge in [0.1, 0.15) is 5.69 Å². The highest BCUT2D eigenvalue weighted by Crippen LogP contribution is 2.09. The Morgan fingerprint density at radius 3 is 2.65 bits per heavy atom. The van der Waals surface area contributed by atoms with Crippen molar-refractivity contribution in [2.75, 3.05) is 0 Å². The highest BCUT2D eigenvalue weighted by atomic mass is 32.1. The van der Waals surface area contributed by atoms with Crippen LogP contribution in [0, 0.1) is 11.8 Å². The third-order valence-corrected chi connectivity index (χ3v) is 3.10. The Hall–Kier alpha value is -2.71. The third-order valence-electron chi connectivity index (χ3n) is 2.41. The van der Waals surface area contributed by atoms with Crippen LogP contribution in [0.15, 0.2) is 59.8 Å². The molecule has 0 aliphatic heterocycles. The lowest BCUT2D eigenvalue weighted by atomic mass is 10.3. The minimum atomic E-state index is 0.544. The average molecular weight is 278 g/mol. The van der Waals surface area contributed by atoms with Gasteiger partial charge in [0.15, 0.2) is 12.4 Å². The van der Waals surface area contributed by atoms with Gasteiger partial charge in [-0.15, -0.1) is 0 Å². The molecule has 5 heteroatoms. The van der Waals surface area contributed by atoms with Crippen LogP contribution >= 0.6 is 11.3 Å². The molecule has 0 aliphatic rings. The molecular formula is C15H10N4S. The van der Waals surface area contributed by atoms with Crippen molar-refractivity contribution in [2.45, 2.75) is 0 Å². The third kappa shape index (κ3) is 3.19. The van der Waals surface area contributed by atoms with Crippen LogP contribution < -0.4 is 4.68 Å². The number of thiophene rings is 1. The van der Waals surface area contributed by atoms with Gasteiger partial charge >= 0.3 is 0 Å². The second kappa shape index (κ2) is 5.95. The predicted molar refractivity (Wildman–Crippen MR) is 77.4 cm³/mol. The monoisotopic (exact) mass is 278 g/mol. The van der Waals surface area contributed by atoms with Gasteiger partial charge in [-0.1, -0.05) is 12.0 Å². The van der Waals surface area contributed by atoms with Gasteiger partial charge in [0.2, 0.25) is 0 Å². The molecule has 3 heterocycles. The second-order valence-corrected chi connectivity index (χ2v) is 4.66. The summed E-state index contributed by atoms with van der Waals surface area (Å²) in [6.07, 6.45) is 6.91. The smallest absolute Gasteiger partial charge is 0.182 e. The van der Waals surface area contributed by atoms with Crippen molar-refractivity contribution < 1.29 is 4.68 Å². The molecule has 0 N–H and O–H groups in total. The number of hydrogen-bond acceptors (Lipinski definition) is 3. The predicted octanol–water partition coefficient (Wildman–Crippen LogP) is 2.69. The van der Waals surface area contributed by atoms with E-state index in [0.717, 1.165) is 5.56 Å². The van der Waals surface area contributed by atoms with Gasteiger partial charge in [0.05, 0.1) is 0 Å². The molecule has 0 atom stereocenters. The number of nitrogens with zero attached hydrogens (tertiary/aromatic N) is 4. The van der Waals surface area contributed by atoms with Crippen LogP contribution in [0.25, 0.3) is 5.43 Å². The van der Waals surface area contributed by atoms with Gasteiger partial charge in [-0.05, 0) is 23.6 Å². The maximum Gasteiger partial charge on any atom is 0.182 e. The molecule has 20 heavy (non-hydrogen) atoms. The maximum absolute atomic E-state index is 4.29. The first-order chi connectivity index (χ1) is 9.90. The number of aromatic nitrogens is 3. The summed E-state index contributed by atoms with van der Waals surface area (Å²) in [5.74, 6) is 6.55. The van der Waals surface area contributed by atoms with Crippen LogP contribution in [-0.4, -0.2) is 9.97 Å². The molecule has 0 spiro atoms. The number of hydrogen-bond donors (Lipinski definition) is 0. The Balaban J connectivity index is 1.72. The minimum Gasteiger partial charge on any atom is -0.435 e. The molecular weight excluding hydrogens is 268 g/mol. The highest BCUT2D eigenvalue weighted by Gasteiger charge is 1.93. The first-order valence-electron chi connectivity index (χ1n) is 5.95. The SMILES string of the molecule is C(#Cc1cnc([N-][n+]2ccccc2)cn1)c1ccsc1. The summed E-state index contributed by atoms with van der Waals surface area (Å²) in [4.78, 5) is 8.46. The van der Waals surface area contributed by atoms with E-state index in [2.05, 4.69) is 27.2 Å². The van der Waals surface area contributed by atoms with Gasteiger partial charge in [0, 0.05) is 35.1 Å². The highest BCUT2D eigenvalue weighted by molar-refractivity contribution is 7.08. The van der Waals surface area contributed by atoms with Crippen LogP contribution in [-0.2, 0) is 0 Å². The molecule has 0 aliphatic carbocycles. The van der Waals surface area contributed by atoms with Crippen molar-refractivity contribution in [3.63, 3.8) is 0 Å². The van der Waals surface area contributed by atoms with E-state index in [9.17, 15) is 0 Å². The van der Waals surface area contributed by atoms with E-state index in [1.807, 2.05) is 47.4 Å². The normalized spacial score (nSPS) is 9.60. The van der Waals surface area contributed by atoms with Crippen molar-refractivity contribution in [1.29, 1.82) is 0 Å². The van der Waals surface area contributed by atoms with E-state index in [1.54, 1.807) is 28.4 Å². The molecule has 3 aromatic rings. The zero-order chi connectivity index (χ0) is 13.6. The van der Waals surface area contributed by atoms with Gasteiger partial charge in [-0.25, -0.2) is 4.98 Å². The lowest BCUT2D eigenvalue weighted by Gasteiger charge is -2.06. The maximum atomic E-state index is 4.29. The van der Waals surface area contributed by atoms with Crippen LogP contribution in [0.3, 0.4) is 0 Å². The van der Waals surface area contributed by atoms with Crippen molar-refractivity contribution in [3.8, 4) is 11.8 Å². The van der Waals surface area contributed by atoms with Crippen molar-refractivity contribution >= 4 is 17.2 Å². The molecule has 3 aromatic heterocycles. The zero-order valence-corrected chi connectivity index (χ0v) is 11.3. The van der Waals surface area contributed by atoms with E-state index in [-0.39, 0.29) is 0 Å². The van der Waals surface area contributed by atoms with Gasteiger partial charge in [0.25, 0.3) is 0 Å². The second-order valence-electron chi connectivity index (χ2n) is 3.88. The topological polar surface area (TPSA) is 43.8 Å². The summed E-state index contributed by atoms with van der Waals surface area (Å²) >= 11 is 1.62. The fourth-order valence-electron chi connectivity index (χ4n) is 1.48. The molecule has 0 radical (unpaired) electrons. The van der Waals surface area contributed by atoms with Crippen LogP contribution in [0.2, 0.25) is 0 Å². The lowest BCUT2D eigenvalue weighted by molar-refractivity contribution is -0.619. The summed E-state index contributed by atoms with van der Waals surface area (Å²) in [5.41, 5.74) is 5.91. The number of pyridine rings is 1. The first kappa shape index (κ1) is 12.3. The standard InChI is InChI=1S/C15H10N4S/c1-2-7-19(8-3-1)18-15-11-16-14(10-17-15)5-4-13-6-9-20-12-13/h1-3,6-12H. The van der Waals surface area contributed by atoms with Gasteiger partial charge in [-0.2, -0.15) is 21.4 Å². The van der Waals surface area contributed by atoms with E-state index >= 15 is 0 Å². The Bertz CT molecular complexity index is 725. The Labute approximate surface area is 120 Å². The summed E-state index contributed by atoms with van der Waals surface area (Å²) in [7, 11) is 0. The zero-order valence-electron chi connectivity index (χ0n) is 10.5. The molecule has 0 aromatic carbocycles. The fourth-order valence-corrected chi connectivity index (χ4v) is 2.07. The van der Waals surface area contributed by atoms with Crippen LogP contribution in [0.4, 0.5) is 5.82 Å². The molecule has 4 nitrogen and oxygen atoms in total.